The van der Waals surface area contributed by atoms with Gasteiger partial charge in [-0.25, -0.2) is 0 Å². The maximum atomic E-state index is 6.36. The molecule has 0 fully saturated rings. The lowest BCUT2D eigenvalue weighted by atomic mass is 10.0. The number of rotatable bonds is 4. The van der Waals surface area contributed by atoms with Crippen LogP contribution in [0.1, 0.15) is 36.8 Å². The lowest BCUT2D eigenvalue weighted by molar-refractivity contribution is 0.593. The van der Waals surface area contributed by atoms with Gasteiger partial charge < -0.3 is 5.73 Å². The number of pyridine rings is 1. The summed E-state index contributed by atoms with van der Waals surface area (Å²) in [4.78, 5) is 4.43. The Balaban J connectivity index is 2.47. The van der Waals surface area contributed by atoms with E-state index in [0.717, 1.165) is 28.8 Å². The van der Waals surface area contributed by atoms with E-state index in [2.05, 4.69) is 45.9 Å². The molecule has 96 valence electrons. The maximum Gasteiger partial charge on any atom is 0.0911 e. The number of hydrogen-bond acceptors (Lipinski definition) is 3. The van der Waals surface area contributed by atoms with E-state index >= 15 is 0 Å². The van der Waals surface area contributed by atoms with E-state index in [-0.39, 0.29) is 6.04 Å². The summed E-state index contributed by atoms with van der Waals surface area (Å²) in [7, 11) is 0. The summed E-state index contributed by atoms with van der Waals surface area (Å²) in [6.45, 7) is 4.96. The Hall–Kier alpha value is -1.20. The third-order valence-corrected chi connectivity index (χ3v) is 3.64. The first-order valence-electron chi connectivity index (χ1n) is 6.09. The molecule has 2 aromatic heterocycles. The Kier molecular flexibility index (Phi) is 4.14. The molecule has 2 rings (SSSR count). The van der Waals surface area contributed by atoms with Crippen molar-refractivity contribution < 1.29 is 0 Å². The largest absolute Gasteiger partial charge is 0.318 e. The predicted molar refractivity (Wildman–Crippen MR) is 75.2 cm³/mol. The van der Waals surface area contributed by atoms with Crippen LogP contribution in [0.5, 0.6) is 0 Å². The topological polar surface area (TPSA) is 56.7 Å². The average Bonchev–Trinajstić information content (AvgIpc) is 2.79. The van der Waals surface area contributed by atoms with Gasteiger partial charge in [0.25, 0.3) is 0 Å². The van der Waals surface area contributed by atoms with Crippen LogP contribution in [0.3, 0.4) is 0 Å². The van der Waals surface area contributed by atoms with Gasteiger partial charge in [0.05, 0.1) is 28.1 Å². The monoisotopic (exact) mass is 308 g/mol. The summed E-state index contributed by atoms with van der Waals surface area (Å²) in [5, 5.41) is 4.30. The number of aromatic nitrogens is 3. The molecular formula is C13H17BrN4. The van der Waals surface area contributed by atoms with Crippen LogP contribution in [0.4, 0.5) is 0 Å². The normalized spacial score (nSPS) is 12.7. The Morgan fingerprint density at radius 1 is 1.44 bits per heavy atom. The Bertz CT molecular complexity index is 536. The molecule has 0 amide bonds. The molecule has 0 bridgehead atoms. The van der Waals surface area contributed by atoms with Gasteiger partial charge in [-0.05, 0) is 40.9 Å². The average molecular weight is 309 g/mol. The number of halogens is 1. The van der Waals surface area contributed by atoms with Crippen LogP contribution in [-0.4, -0.2) is 14.8 Å². The second kappa shape index (κ2) is 5.63. The zero-order chi connectivity index (χ0) is 13.1. The second-order valence-corrected chi connectivity index (χ2v) is 4.93. The van der Waals surface area contributed by atoms with Crippen molar-refractivity contribution in [3.63, 3.8) is 0 Å². The molecule has 5 heteroatoms. The zero-order valence-electron chi connectivity index (χ0n) is 10.6. The predicted octanol–water partition coefficient (Wildman–Crippen LogP) is 2.67. The summed E-state index contributed by atoms with van der Waals surface area (Å²) >= 11 is 3.51. The smallest absolute Gasteiger partial charge is 0.0911 e. The summed E-state index contributed by atoms with van der Waals surface area (Å²) in [6, 6.07) is 3.77. The first-order chi connectivity index (χ1) is 8.69. The van der Waals surface area contributed by atoms with E-state index in [4.69, 9.17) is 5.73 Å². The van der Waals surface area contributed by atoms with Gasteiger partial charge in [0.15, 0.2) is 0 Å². The minimum absolute atomic E-state index is 0.252. The molecule has 0 aliphatic carbocycles. The lowest BCUT2D eigenvalue weighted by Crippen LogP contribution is -2.20. The number of nitrogens with two attached hydrogens (primary N) is 1. The molecule has 1 atom stereocenters. The highest BCUT2D eigenvalue weighted by atomic mass is 79.9. The van der Waals surface area contributed by atoms with Crippen molar-refractivity contribution >= 4 is 15.9 Å². The van der Waals surface area contributed by atoms with Crippen molar-refractivity contribution in [3.05, 3.63) is 46.0 Å². The SMILES string of the molecule is CCc1cccnc1C(N)c1c(Br)cnn1CC. The lowest BCUT2D eigenvalue weighted by Gasteiger charge is -2.16. The molecule has 2 heterocycles. The standard InChI is InChI=1S/C13H17BrN4/c1-3-9-6-5-7-16-12(9)11(15)13-10(14)8-17-18(13)4-2/h5-8,11H,3-4,15H2,1-2H3. The van der Waals surface area contributed by atoms with Gasteiger partial charge >= 0.3 is 0 Å². The van der Waals surface area contributed by atoms with Crippen LogP contribution in [0, 0.1) is 0 Å². The van der Waals surface area contributed by atoms with E-state index in [1.807, 2.05) is 10.7 Å². The number of nitrogens with zero attached hydrogens (tertiary/aromatic N) is 3. The van der Waals surface area contributed by atoms with Crippen molar-refractivity contribution in [1.29, 1.82) is 0 Å². The molecule has 0 radical (unpaired) electrons. The first kappa shape index (κ1) is 13.2. The molecule has 0 saturated heterocycles. The molecule has 4 nitrogen and oxygen atoms in total. The van der Waals surface area contributed by atoms with Crippen molar-refractivity contribution in [1.82, 2.24) is 14.8 Å². The summed E-state index contributed by atoms with van der Waals surface area (Å²) < 4.78 is 2.84. The molecule has 0 spiro atoms. The van der Waals surface area contributed by atoms with Gasteiger partial charge in [-0.1, -0.05) is 13.0 Å². The van der Waals surface area contributed by atoms with Crippen molar-refractivity contribution in [2.75, 3.05) is 0 Å². The van der Waals surface area contributed by atoms with E-state index in [9.17, 15) is 0 Å². The van der Waals surface area contributed by atoms with Crippen LogP contribution < -0.4 is 5.73 Å². The van der Waals surface area contributed by atoms with Gasteiger partial charge in [-0.2, -0.15) is 5.10 Å². The molecule has 2 aromatic rings. The van der Waals surface area contributed by atoms with Crippen molar-refractivity contribution in [2.24, 2.45) is 5.73 Å². The fourth-order valence-electron chi connectivity index (χ4n) is 2.09. The summed E-state index contributed by atoms with van der Waals surface area (Å²) in [5.74, 6) is 0. The Morgan fingerprint density at radius 3 is 2.89 bits per heavy atom. The Labute approximate surface area is 115 Å². The molecule has 0 aliphatic rings. The fraction of sp³-hybridized carbons (Fsp3) is 0.385. The van der Waals surface area contributed by atoms with Gasteiger partial charge in [-0.3, -0.25) is 9.67 Å². The summed E-state index contributed by atoms with van der Waals surface area (Å²) in [6.07, 6.45) is 4.50. The maximum absolute atomic E-state index is 6.36. The molecule has 0 aromatic carbocycles. The fourth-order valence-corrected chi connectivity index (χ4v) is 2.64. The van der Waals surface area contributed by atoms with E-state index in [1.165, 1.54) is 5.56 Å². The van der Waals surface area contributed by atoms with Gasteiger partial charge in [-0.15, -0.1) is 0 Å². The van der Waals surface area contributed by atoms with E-state index in [0.29, 0.717) is 0 Å². The van der Waals surface area contributed by atoms with Gasteiger partial charge in [0.2, 0.25) is 0 Å². The minimum atomic E-state index is -0.252. The van der Waals surface area contributed by atoms with E-state index in [1.54, 1.807) is 12.4 Å². The van der Waals surface area contributed by atoms with Gasteiger partial charge in [0.1, 0.15) is 0 Å². The van der Waals surface area contributed by atoms with Crippen molar-refractivity contribution in [2.45, 2.75) is 32.9 Å². The third-order valence-electron chi connectivity index (χ3n) is 3.03. The molecule has 18 heavy (non-hydrogen) atoms. The molecule has 2 N–H and O–H groups in total. The van der Waals surface area contributed by atoms with Crippen LogP contribution in [0.2, 0.25) is 0 Å². The minimum Gasteiger partial charge on any atom is -0.318 e. The van der Waals surface area contributed by atoms with Crippen LogP contribution in [-0.2, 0) is 13.0 Å². The van der Waals surface area contributed by atoms with E-state index < -0.39 is 0 Å². The molecule has 0 saturated carbocycles. The molecular weight excluding hydrogens is 292 g/mol. The quantitative estimate of drug-likeness (QED) is 0.944. The van der Waals surface area contributed by atoms with Crippen LogP contribution in [0.25, 0.3) is 0 Å². The Morgan fingerprint density at radius 2 is 2.22 bits per heavy atom. The van der Waals surface area contributed by atoms with Gasteiger partial charge in [0, 0.05) is 12.7 Å². The second-order valence-electron chi connectivity index (χ2n) is 4.07. The van der Waals surface area contributed by atoms with Crippen LogP contribution in [0.15, 0.2) is 29.0 Å². The van der Waals surface area contributed by atoms with Crippen LogP contribution >= 0.6 is 15.9 Å². The third kappa shape index (κ3) is 2.33. The number of aryl methyl sites for hydroxylation is 2. The van der Waals surface area contributed by atoms with Crippen molar-refractivity contribution in [3.8, 4) is 0 Å². The molecule has 0 aliphatic heterocycles. The highest BCUT2D eigenvalue weighted by Crippen LogP contribution is 2.27. The first-order valence-corrected chi connectivity index (χ1v) is 6.88. The summed E-state index contributed by atoms with van der Waals surface area (Å²) in [5.41, 5.74) is 9.45. The zero-order valence-corrected chi connectivity index (χ0v) is 12.2. The highest BCUT2D eigenvalue weighted by molar-refractivity contribution is 9.10. The highest BCUT2D eigenvalue weighted by Gasteiger charge is 2.20. The number of hydrogen-bond donors (Lipinski definition) is 1. The molecule has 1 unspecified atom stereocenters.